The summed E-state index contributed by atoms with van der Waals surface area (Å²) in [4.78, 5) is 2.46. The Labute approximate surface area is 109 Å². The summed E-state index contributed by atoms with van der Waals surface area (Å²) >= 11 is 0. The molecule has 1 fully saturated rings. The van der Waals surface area contributed by atoms with Crippen LogP contribution in [-0.2, 0) is 0 Å². The van der Waals surface area contributed by atoms with E-state index in [0.29, 0.717) is 0 Å². The van der Waals surface area contributed by atoms with Crippen molar-refractivity contribution in [2.75, 3.05) is 44.6 Å². The van der Waals surface area contributed by atoms with Crippen LogP contribution < -0.4 is 10.6 Å². The van der Waals surface area contributed by atoms with Gasteiger partial charge in [-0.3, -0.25) is 4.90 Å². The van der Waals surface area contributed by atoms with Crippen LogP contribution in [0.15, 0.2) is 18.2 Å². The van der Waals surface area contributed by atoms with E-state index in [1.165, 1.54) is 0 Å². The summed E-state index contributed by atoms with van der Waals surface area (Å²) in [6.07, 6.45) is 0. The second-order valence-electron chi connectivity index (χ2n) is 4.66. The molecule has 96 valence electrons. The Hall–Kier alpha value is -1.57. The molecule has 18 heavy (non-hydrogen) atoms. The molecule has 0 amide bonds. The highest BCUT2D eigenvalue weighted by Gasteiger charge is 2.08. The highest BCUT2D eigenvalue weighted by Crippen LogP contribution is 2.13. The fourth-order valence-electron chi connectivity index (χ4n) is 2.19. The van der Waals surface area contributed by atoms with Crippen molar-refractivity contribution in [2.24, 2.45) is 0 Å². The van der Waals surface area contributed by atoms with Gasteiger partial charge in [0.15, 0.2) is 0 Å². The standard InChI is InChI=1S/C14H20N4/c1-12-10-14(3-2-13(12)11-15)17-6-9-18-7-4-16-5-8-18/h2-3,10,16-17H,4-9H2,1H3. The number of aryl methyl sites for hydroxylation is 1. The minimum absolute atomic E-state index is 0.752. The Kier molecular flexibility index (Phi) is 4.57. The zero-order valence-corrected chi connectivity index (χ0v) is 10.9. The zero-order chi connectivity index (χ0) is 12.8. The maximum absolute atomic E-state index is 8.87. The van der Waals surface area contributed by atoms with Crippen molar-refractivity contribution in [1.29, 1.82) is 5.26 Å². The van der Waals surface area contributed by atoms with Gasteiger partial charge in [0.25, 0.3) is 0 Å². The zero-order valence-electron chi connectivity index (χ0n) is 10.9. The van der Waals surface area contributed by atoms with Gasteiger partial charge in [-0.2, -0.15) is 5.26 Å². The van der Waals surface area contributed by atoms with Gasteiger partial charge in [0.1, 0.15) is 0 Å². The number of anilines is 1. The molecule has 1 saturated heterocycles. The van der Waals surface area contributed by atoms with Crippen LogP contribution in [0, 0.1) is 18.3 Å². The van der Waals surface area contributed by atoms with Gasteiger partial charge in [0, 0.05) is 45.0 Å². The highest BCUT2D eigenvalue weighted by molar-refractivity contribution is 5.51. The van der Waals surface area contributed by atoms with E-state index < -0.39 is 0 Å². The van der Waals surface area contributed by atoms with Gasteiger partial charge >= 0.3 is 0 Å². The minimum atomic E-state index is 0.752. The Morgan fingerprint density at radius 1 is 1.39 bits per heavy atom. The highest BCUT2D eigenvalue weighted by atomic mass is 15.2. The summed E-state index contributed by atoms with van der Waals surface area (Å²) in [5.74, 6) is 0. The molecular formula is C14H20N4. The topological polar surface area (TPSA) is 51.1 Å². The van der Waals surface area contributed by atoms with Crippen LogP contribution in [-0.4, -0.2) is 44.2 Å². The van der Waals surface area contributed by atoms with Crippen LogP contribution in [0.4, 0.5) is 5.69 Å². The summed E-state index contributed by atoms with van der Waals surface area (Å²) < 4.78 is 0. The van der Waals surface area contributed by atoms with Gasteiger partial charge in [0.05, 0.1) is 11.6 Å². The first-order valence-electron chi connectivity index (χ1n) is 6.47. The summed E-state index contributed by atoms with van der Waals surface area (Å²) in [5.41, 5.74) is 2.88. The van der Waals surface area contributed by atoms with Crippen molar-refractivity contribution in [3.05, 3.63) is 29.3 Å². The summed E-state index contributed by atoms with van der Waals surface area (Å²) in [5, 5.41) is 15.6. The van der Waals surface area contributed by atoms with Gasteiger partial charge in [-0.15, -0.1) is 0 Å². The van der Waals surface area contributed by atoms with Crippen molar-refractivity contribution in [2.45, 2.75) is 6.92 Å². The summed E-state index contributed by atoms with van der Waals surface area (Å²) in [6.45, 7) is 8.44. The van der Waals surface area contributed by atoms with Crippen LogP contribution in [0.3, 0.4) is 0 Å². The SMILES string of the molecule is Cc1cc(NCCN2CCNCC2)ccc1C#N. The molecule has 1 aliphatic heterocycles. The van der Waals surface area contributed by atoms with Crippen molar-refractivity contribution in [3.63, 3.8) is 0 Å². The number of nitrogens with zero attached hydrogens (tertiary/aromatic N) is 2. The molecule has 4 heteroatoms. The second-order valence-corrected chi connectivity index (χ2v) is 4.66. The molecule has 1 aliphatic rings. The summed E-state index contributed by atoms with van der Waals surface area (Å²) in [6, 6.07) is 8.08. The monoisotopic (exact) mass is 244 g/mol. The maximum atomic E-state index is 8.87. The fraction of sp³-hybridized carbons (Fsp3) is 0.500. The van der Waals surface area contributed by atoms with Crippen LogP contribution in [0.2, 0.25) is 0 Å². The molecule has 0 bridgehead atoms. The van der Waals surface area contributed by atoms with Gasteiger partial charge < -0.3 is 10.6 Å². The lowest BCUT2D eigenvalue weighted by atomic mass is 10.1. The molecule has 0 aliphatic carbocycles. The van der Waals surface area contributed by atoms with E-state index in [-0.39, 0.29) is 0 Å². The number of hydrogen-bond donors (Lipinski definition) is 2. The average Bonchev–Trinajstić information content (AvgIpc) is 2.40. The van der Waals surface area contributed by atoms with Gasteiger partial charge in [-0.1, -0.05) is 0 Å². The minimum Gasteiger partial charge on any atom is -0.384 e. The molecule has 0 atom stereocenters. The first-order chi connectivity index (χ1) is 8.79. The second kappa shape index (κ2) is 6.39. The number of nitrogens with one attached hydrogen (secondary N) is 2. The first kappa shape index (κ1) is 12.9. The van der Waals surface area contributed by atoms with E-state index in [1.807, 2.05) is 25.1 Å². The third-order valence-electron chi connectivity index (χ3n) is 3.31. The number of hydrogen-bond acceptors (Lipinski definition) is 4. The molecule has 0 saturated carbocycles. The molecular weight excluding hydrogens is 224 g/mol. The van der Waals surface area contributed by atoms with Gasteiger partial charge in [-0.05, 0) is 30.7 Å². The van der Waals surface area contributed by atoms with E-state index in [0.717, 1.165) is 56.1 Å². The van der Waals surface area contributed by atoms with Crippen LogP contribution in [0.5, 0.6) is 0 Å². The Balaban J connectivity index is 1.79. The van der Waals surface area contributed by atoms with Gasteiger partial charge in [0.2, 0.25) is 0 Å². The van der Waals surface area contributed by atoms with Crippen LogP contribution in [0.25, 0.3) is 0 Å². The Bertz CT molecular complexity index is 430. The largest absolute Gasteiger partial charge is 0.384 e. The predicted molar refractivity (Wildman–Crippen MR) is 73.7 cm³/mol. The number of piperazine rings is 1. The van der Waals surface area contributed by atoms with Gasteiger partial charge in [-0.25, -0.2) is 0 Å². The molecule has 1 aromatic carbocycles. The molecule has 2 N–H and O–H groups in total. The summed E-state index contributed by atoms with van der Waals surface area (Å²) in [7, 11) is 0. The van der Waals surface area contributed by atoms with E-state index >= 15 is 0 Å². The maximum Gasteiger partial charge on any atom is 0.0994 e. The molecule has 0 radical (unpaired) electrons. The van der Waals surface area contributed by atoms with Crippen molar-refractivity contribution < 1.29 is 0 Å². The van der Waals surface area contributed by atoms with E-state index in [1.54, 1.807) is 0 Å². The molecule has 0 aromatic heterocycles. The fourth-order valence-corrected chi connectivity index (χ4v) is 2.19. The van der Waals surface area contributed by atoms with Crippen molar-refractivity contribution >= 4 is 5.69 Å². The first-order valence-corrected chi connectivity index (χ1v) is 6.47. The molecule has 4 nitrogen and oxygen atoms in total. The molecule has 0 unspecified atom stereocenters. The lowest BCUT2D eigenvalue weighted by Crippen LogP contribution is -2.45. The average molecular weight is 244 g/mol. The number of nitriles is 1. The molecule has 2 rings (SSSR count). The van der Waals surface area contributed by atoms with Crippen molar-refractivity contribution in [3.8, 4) is 6.07 Å². The normalized spacial score (nSPS) is 16.2. The van der Waals surface area contributed by atoms with Crippen molar-refractivity contribution in [1.82, 2.24) is 10.2 Å². The van der Waals surface area contributed by atoms with E-state index in [9.17, 15) is 0 Å². The molecule has 1 aromatic rings. The number of rotatable bonds is 4. The quantitative estimate of drug-likeness (QED) is 0.835. The Morgan fingerprint density at radius 2 is 2.17 bits per heavy atom. The molecule has 0 spiro atoms. The number of benzene rings is 1. The van der Waals surface area contributed by atoms with E-state index in [2.05, 4.69) is 21.6 Å². The van der Waals surface area contributed by atoms with E-state index in [4.69, 9.17) is 5.26 Å². The smallest absolute Gasteiger partial charge is 0.0994 e. The lowest BCUT2D eigenvalue weighted by Gasteiger charge is -2.27. The lowest BCUT2D eigenvalue weighted by molar-refractivity contribution is 0.249. The van der Waals surface area contributed by atoms with Crippen LogP contribution in [0.1, 0.15) is 11.1 Å². The van der Waals surface area contributed by atoms with Crippen LogP contribution >= 0.6 is 0 Å². The molecule has 1 heterocycles. The third kappa shape index (κ3) is 3.46. The predicted octanol–water partition coefficient (Wildman–Crippen LogP) is 1.18. The Morgan fingerprint density at radius 3 is 2.83 bits per heavy atom. The third-order valence-corrected chi connectivity index (χ3v) is 3.31.